The highest BCUT2D eigenvalue weighted by Crippen LogP contribution is 2.19. The smallest absolute Gasteiger partial charge is 0.126 e. The molecule has 0 aliphatic rings. The minimum absolute atomic E-state index is 0.238. The second-order valence-corrected chi connectivity index (χ2v) is 3.93. The first kappa shape index (κ1) is 13.1. The molecule has 1 aromatic rings. The van der Waals surface area contributed by atoms with Gasteiger partial charge in [0, 0.05) is 19.6 Å². The maximum Gasteiger partial charge on any atom is 0.126 e. The first-order valence-corrected chi connectivity index (χ1v) is 5.67. The number of aliphatic hydroxyl groups excluding tert-OH is 1. The third kappa shape index (κ3) is 3.91. The van der Waals surface area contributed by atoms with Crippen molar-refractivity contribution in [3.63, 3.8) is 0 Å². The zero-order chi connectivity index (χ0) is 12.0. The largest absolute Gasteiger partial charge is 0.388 e. The average molecular weight is 226 g/mol. The van der Waals surface area contributed by atoms with Crippen molar-refractivity contribution in [3.8, 4) is 0 Å². The van der Waals surface area contributed by atoms with Gasteiger partial charge in [-0.2, -0.15) is 0 Å². The van der Waals surface area contributed by atoms with Crippen molar-refractivity contribution in [2.75, 3.05) is 13.2 Å². The van der Waals surface area contributed by atoms with E-state index in [9.17, 15) is 9.50 Å². The fraction of sp³-hybridized carbons (Fsp3) is 0.538. The van der Waals surface area contributed by atoms with E-state index in [4.69, 9.17) is 4.74 Å². The molecule has 0 aliphatic carbocycles. The molecule has 16 heavy (non-hydrogen) atoms. The summed E-state index contributed by atoms with van der Waals surface area (Å²) in [5.74, 6) is -0.238. The van der Waals surface area contributed by atoms with E-state index in [0.29, 0.717) is 18.6 Å². The zero-order valence-corrected chi connectivity index (χ0v) is 9.87. The Morgan fingerprint density at radius 2 is 2.12 bits per heavy atom. The highest BCUT2D eigenvalue weighted by Gasteiger charge is 2.08. The van der Waals surface area contributed by atoms with Gasteiger partial charge in [-0.1, -0.05) is 19.1 Å². The second-order valence-electron chi connectivity index (χ2n) is 3.93. The topological polar surface area (TPSA) is 29.5 Å². The van der Waals surface area contributed by atoms with Gasteiger partial charge in [0.05, 0.1) is 6.10 Å². The monoisotopic (exact) mass is 226 g/mol. The van der Waals surface area contributed by atoms with Gasteiger partial charge in [-0.05, 0) is 30.5 Å². The van der Waals surface area contributed by atoms with Crippen LogP contribution < -0.4 is 0 Å². The Balaban J connectivity index is 2.46. The molecule has 2 nitrogen and oxygen atoms in total. The van der Waals surface area contributed by atoms with E-state index in [-0.39, 0.29) is 5.82 Å². The van der Waals surface area contributed by atoms with Crippen LogP contribution in [0.3, 0.4) is 0 Å². The van der Waals surface area contributed by atoms with Gasteiger partial charge in [-0.3, -0.25) is 0 Å². The number of rotatable bonds is 6. The van der Waals surface area contributed by atoms with Crippen molar-refractivity contribution in [1.29, 1.82) is 0 Å². The molecule has 0 aromatic heterocycles. The van der Waals surface area contributed by atoms with Crippen LogP contribution in [0.2, 0.25) is 0 Å². The summed E-state index contributed by atoms with van der Waals surface area (Å²) in [7, 11) is 0. The molecule has 0 bridgehead atoms. The van der Waals surface area contributed by atoms with E-state index in [0.717, 1.165) is 18.6 Å². The molecular formula is C13H19FO2. The van der Waals surface area contributed by atoms with Crippen molar-refractivity contribution in [1.82, 2.24) is 0 Å². The lowest BCUT2D eigenvalue weighted by Gasteiger charge is -2.12. The average Bonchev–Trinajstić information content (AvgIpc) is 2.28. The van der Waals surface area contributed by atoms with Gasteiger partial charge in [0.15, 0.2) is 0 Å². The van der Waals surface area contributed by atoms with Gasteiger partial charge < -0.3 is 9.84 Å². The molecule has 3 heteroatoms. The number of hydrogen-bond acceptors (Lipinski definition) is 2. The lowest BCUT2D eigenvalue weighted by atomic mass is 10.0. The fourth-order valence-corrected chi connectivity index (χ4v) is 1.48. The molecule has 0 amide bonds. The van der Waals surface area contributed by atoms with Crippen molar-refractivity contribution < 1.29 is 14.2 Å². The van der Waals surface area contributed by atoms with Crippen LogP contribution in [0.25, 0.3) is 0 Å². The van der Waals surface area contributed by atoms with E-state index in [2.05, 4.69) is 0 Å². The maximum absolute atomic E-state index is 13.0. The number of benzene rings is 1. The molecule has 0 radical (unpaired) electrons. The van der Waals surface area contributed by atoms with Crippen molar-refractivity contribution in [2.24, 2.45) is 0 Å². The SMILES string of the molecule is CCCOCCC(O)c1ccc(F)c(C)c1. The molecule has 0 fully saturated rings. The third-order valence-corrected chi connectivity index (χ3v) is 2.45. The van der Waals surface area contributed by atoms with E-state index in [1.807, 2.05) is 6.92 Å². The highest BCUT2D eigenvalue weighted by molar-refractivity contribution is 5.25. The summed E-state index contributed by atoms with van der Waals surface area (Å²) < 4.78 is 18.3. The standard InChI is InChI=1S/C13H19FO2/c1-3-7-16-8-6-13(15)11-4-5-12(14)10(2)9-11/h4-5,9,13,15H,3,6-8H2,1-2H3. The Kier molecular flexibility index (Phi) is 5.43. The third-order valence-electron chi connectivity index (χ3n) is 2.45. The van der Waals surface area contributed by atoms with E-state index < -0.39 is 6.10 Å². The molecule has 0 saturated carbocycles. The number of halogens is 1. The maximum atomic E-state index is 13.0. The van der Waals surface area contributed by atoms with Gasteiger partial charge in [0.1, 0.15) is 5.82 Å². The molecule has 0 heterocycles. The molecule has 90 valence electrons. The minimum atomic E-state index is -0.573. The second kappa shape index (κ2) is 6.61. The summed E-state index contributed by atoms with van der Waals surface area (Å²) in [5, 5.41) is 9.83. The van der Waals surface area contributed by atoms with Crippen LogP contribution in [-0.4, -0.2) is 18.3 Å². The first-order valence-electron chi connectivity index (χ1n) is 5.67. The summed E-state index contributed by atoms with van der Waals surface area (Å²) in [4.78, 5) is 0. The van der Waals surface area contributed by atoms with Crippen LogP contribution in [0.4, 0.5) is 4.39 Å². The first-order chi connectivity index (χ1) is 7.65. The summed E-state index contributed by atoms with van der Waals surface area (Å²) >= 11 is 0. The summed E-state index contributed by atoms with van der Waals surface area (Å²) in [6.45, 7) is 4.99. The van der Waals surface area contributed by atoms with Gasteiger partial charge >= 0.3 is 0 Å². The molecule has 1 rings (SSSR count). The highest BCUT2D eigenvalue weighted by atomic mass is 19.1. The van der Waals surface area contributed by atoms with Gasteiger partial charge in [0.2, 0.25) is 0 Å². The predicted molar refractivity (Wildman–Crippen MR) is 61.8 cm³/mol. The molecule has 0 saturated heterocycles. The predicted octanol–water partition coefficient (Wildman–Crippen LogP) is 2.98. The number of hydrogen-bond donors (Lipinski definition) is 1. The Hall–Kier alpha value is -0.930. The molecule has 1 aromatic carbocycles. The van der Waals surface area contributed by atoms with E-state index in [1.54, 1.807) is 19.1 Å². The van der Waals surface area contributed by atoms with Crippen molar-refractivity contribution >= 4 is 0 Å². The van der Waals surface area contributed by atoms with Crippen LogP contribution in [-0.2, 0) is 4.74 Å². The van der Waals surface area contributed by atoms with Crippen LogP contribution in [0.1, 0.15) is 37.0 Å². The Morgan fingerprint density at radius 1 is 1.38 bits per heavy atom. The molecule has 0 spiro atoms. The Bertz CT molecular complexity index is 326. The van der Waals surface area contributed by atoms with Gasteiger partial charge in [-0.25, -0.2) is 4.39 Å². The van der Waals surface area contributed by atoms with Crippen molar-refractivity contribution in [2.45, 2.75) is 32.8 Å². The van der Waals surface area contributed by atoms with Crippen LogP contribution in [0.15, 0.2) is 18.2 Å². The summed E-state index contributed by atoms with van der Waals surface area (Å²) in [5.41, 5.74) is 1.31. The van der Waals surface area contributed by atoms with Gasteiger partial charge in [0.25, 0.3) is 0 Å². The molecule has 1 atom stereocenters. The number of aryl methyl sites for hydroxylation is 1. The molecular weight excluding hydrogens is 207 g/mol. The number of ether oxygens (including phenoxy) is 1. The quantitative estimate of drug-likeness (QED) is 0.756. The van der Waals surface area contributed by atoms with Gasteiger partial charge in [-0.15, -0.1) is 0 Å². The minimum Gasteiger partial charge on any atom is -0.388 e. The summed E-state index contributed by atoms with van der Waals surface area (Å²) in [6.07, 6.45) is 0.952. The lowest BCUT2D eigenvalue weighted by Crippen LogP contribution is -2.04. The molecule has 1 N–H and O–H groups in total. The molecule has 0 aliphatic heterocycles. The normalized spacial score (nSPS) is 12.8. The Morgan fingerprint density at radius 3 is 2.75 bits per heavy atom. The number of aliphatic hydroxyl groups is 1. The van der Waals surface area contributed by atoms with E-state index in [1.165, 1.54) is 6.07 Å². The van der Waals surface area contributed by atoms with Crippen LogP contribution in [0, 0.1) is 12.7 Å². The van der Waals surface area contributed by atoms with Crippen molar-refractivity contribution in [3.05, 3.63) is 35.1 Å². The molecule has 1 unspecified atom stereocenters. The van der Waals surface area contributed by atoms with E-state index >= 15 is 0 Å². The van der Waals surface area contributed by atoms with Crippen LogP contribution >= 0.6 is 0 Å². The fourth-order valence-electron chi connectivity index (χ4n) is 1.48. The lowest BCUT2D eigenvalue weighted by molar-refractivity contribution is 0.0821. The zero-order valence-electron chi connectivity index (χ0n) is 9.87. The summed E-state index contributed by atoms with van der Waals surface area (Å²) in [6, 6.07) is 4.69. The Labute approximate surface area is 96.1 Å². The van der Waals surface area contributed by atoms with Crippen LogP contribution in [0.5, 0.6) is 0 Å².